The normalized spacial score (nSPS) is 13.3. The number of phosphoric ester groups is 1. The highest BCUT2D eigenvalue weighted by atomic mass is 35.6. The van der Waals surface area contributed by atoms with Crippen LogP contribution in [-0.4, -0.2) is 17.2 Å². The maximum atomic E-state index is 11.5. The van der Waals surface area contributed by atoms with Crippen LogP contribution < -0.4 is 0 Å². The van der Waals surface area contributed by atoms with Crippen LogP contribution in [0.2, 0.25) is 0 Å². The molecule has 8 heteroatoms. The smallest absolute Gasteiger partial charge is 0.287 e. The van der Waals surface area contributed by atoms with Crippen LogP contribution in [0.25, 0.3) is 0 Å². The van der Waals surface area contributed by atoms with E-state index < -0.39 is 11.8 Å². The molecule has 0 heterocycles. The second kappa shape index (κ2) is 5.76. The molecule has 0 bridgehead atoms. The summed E-state index contributed by atoms with van der Waals surface area (Å²) in [7, 11) is -3.74. The Balaban J connectivity index is 4.33. The van der Waals surface area contributed by atoms with E-state index in [2.05, 4.69) is 4.52 Å². The summed E-state index contributed by atoms with van der Waals surface area (Å²) < 4.78 is 23.3. The molecule has 0 aliphatic heterocycles. The number of rotatable bonds is 5. The average Bonchev–Trinajstić information content (AvgIpc) is 1.82. The molecule has 4 nitrogen and oxygen atoms in total. The van der Waals surface area contributed by atoms with Crippen LogP contribution in [0, 0.1) is 0 Å². The standard InChI is InChI=1S/C5H10Cl3O4P/c1-3-10-13(9,11-4-2)12-5(6,7)8/h3-4H2,1-2H3. The summed E-state index contributed by atoms with van der Waals surface area (Å²) in [5.41, 5.74) is 0. The van der Waals surface area contributed by atoms with Crippen LogP contribution in [0.1, 0.15) is 13.8 Å². The summed E-state index contributed by atoms with van der Waals surface area (Å²) in [5.74, 6) is 0. The zero-order valence-electron chi connectivity index (χ0n) is 7.13. The van der Waals surface area contributed by atoms with Gasteiger partial charge < -0.3 is 0 Å². The van der Waals surface area contributed by atoms with E-state index in [4.69, 9.17) is 43.9 Å². The highest BCUT2D eigenvalue weighted by Gasteiger charge is 2.36. The number of hydrogen-bond donors (Lipinski definition) is 0. The lowest BCUT2D eigenvalue weighted by atomic mass is 10.9. The third kappa shape index (κ3) is 6.97. The molecule has 13 heavy (non-hydrogen) atoms. The van der Waals surface area contributed by atoms with Gasteiger partial charge in [0.1, 0.15) is 0 Å². The van der Waals surface area contributed by atoms with Crippen molar-refractivity contribution in [2.24, 2.45) is 0 Å². The van der Waals surface area contributed by atoms with Crippen LogP contribution >= 0.6 is 42.6 Å². The van der Waals surface area contributed by atoms with Crippen molar-refractivity contribution < 1.29 is 18.1 Å². The summed E-state index contributed by atoms with van der Waals surface area (Å²) in [6, 6.07) is 0. The van der Waals surface area contributed by atoms with E-state index in [1.165, 1.54) is 0 Å². The summed E-state index contributed by atoms with van der Waals surface area (Å²) in [5, 5.41) is 0. The molecule has 0 saturated heterocycles. The number of halogens is 3. The van der Waals surface area contributed by atoms with E-state index >= 15 is 0 Å². The van der Waals surface area contributed by atoms with Gasteiger partial charge in [-0.05, 0) is 13.8 Å². The Hall–Kier alpha value is 0.980. The topological polar surface area (TPSA) is 44.8 Å². The second-order valence-electron chi connectivity index (χ2n) is 1.82. The molecule has 0 amide bonds. The maximum absolute atomic E-state index is 11.5. The van der Waals surface area contributed by atoms with Gasteiger partial charge in [0.05, 0.1) is 13.2 Å². The highest BCUT2D eigenvalue weighted by molar-refractivity contribution is 7.48. The molecule has 80 valence electrons. The monoisotopic (exact) mass is 270 g/mol. The van der Waals surface area contributed by atoms with Crippen molar-refractivity contribution in [3.63, 3.8) is 0 Å². The molecule has 0 saturated carbocycles. The Labute approximate surface area is 92.0 Å². The second-order valence-corrected chi connectivity index (χ2v) is 5.59. The van der Waals surface area contributed by atoms with Crippen molar-refractivity contribution in [1.29, 1.82) is 0 Å². The third-order valence-corrected chi connectivity index (χ3v) is 2.99. The average molecular weight is 271 g/mol. The van der Waals surface area contributed by atoms with E-state index in [1.54, 1.807) is 13.8 Å². The van der Waals surface area contributed by atoms with Gasteiger partial charge in [-0.3, -0.25) is 9.05 Å². The van der Waals surface area contributed by atoms with Crippen LogP contribution in [0.5, 0.6) is 0 Å². The van der Waals surface area contributed by atoms with Gasteiger partial charge in [0.25, 0.3) is 0 Å². The molecule has 0 aliphatic rings. The summed E-state index contributed by atoms with van der Waals surface area (Å²) in [4.78, 5) is 0. The van der Waals surface area contributed by atoms with E-state index in [-0.39, 0.29) is 13.2 Å². The number of phosphoric acid groups is 1. The fourth-order valence-corrected chi connectivity index (χ4v) is 2.36. The SMILES string of the molecule is CCOP(=O)(OCC)OC(Cl)(Cl)Cl. The van der Waals surface area contributed by atoms with Crippen LogP contribution in [0.15, 0.2) is 0 Å². The van der Waals surface area contributed by atoms with Crippen molar-refractivity contribution >= 4 is 42.6 Å². The zero-order chi connectivity index (χ0) is 10.5. The van der Waals surface area contributed by atoms with Crippen molar-refractivity contribution in [2.45, 2.75) is 17.8 Å². The molecule has 0 aromatic heterocycles. The zero-order valence-corrected chi connectivity index (χ0v) is 10.3. The van der Waals surface area contributed by atoms with Crippen molar-refractivity contribution in [3.8, 4) is 0 Å². The largest absolute Gasteiger partial charge is 0.478 e. The molecule has 0 aromatic rings. The summed E-state index contributed by atoms with van der Waals surface area (Å²) in [6.45, 7) is 3.51. The Morgan fingerprint density at radius 2 is 1.54 bits per heavy atom. The Kier molecular flexibility index (Phi) is 6.20. The molecule has 0 spiro atoms. The predicted octanol–water partition coefficient (Wildman–Crippen LogP) is 3.51. The first-order valence-electron chi connectivity index (χ1n) is 3.49. The minimum absolute atomic E-state index is 0.137. The van der Waals surface area contributed by atoms with Crippen LogP contribution in [0.4, 0.5) is 0 Å². The molecule has 0 aromatic carbocycles. The highest BCUT2D eigenvalue weighted by Crippen LogP contribution is 2.55. The van der Waals surface area contributed by atoms with Crippen molar-refractivity contribution in [3.05, 3.63) is 0 Å². The molecule has 0 N–H and O–H groups in total. The summed E-state index contributed by atoms with van der Waals surface area (Å²) in [6.07, 6.45) is 0. The third-order valence-electron chi connectivity index (χ3n) is 0.790. The predicted molar refractivity (Wildman–Crippen MR) is 52.2 cm³/mol. The van der Waals surface area contributed by atoms with Gasteiger partial charge in [-0.1, -0.05) is 34.8 Å². The van der Waals surface area contributed by atoms with Gasteiger partial charge in [0, 0.05) is 0 Å². The first-order chi connectivity index (χ1) is 5.83. The molecular weight excluding hydrogens is 261 g/mol. The number of alkyl halides is 3. The van der Waals surface area contributed by atoms with Crippen molar-refractivity contribution in [2.75, 3.05) is 13.2 Å². The first-order valence-corrected chi connectivity index (χ1v) is 6.09. The van der Waals surface area contributed by atoms with Gasteiger partial charge >= 0.3 is 11.8 Å². The van der Waals surface area contributed by atoms with Crippen molar-refractivity contribution in [1.82, 2.24) is 0 Å². The molecule has 0 aliphatic carbocycles. The van der Waals surface area contributed by atoms with E-state index in [1.807, 2.05) is 0 Å². The Morgan fingerprint density at radius 3 is 1.77 bits per heavy atom. The summed E-state index contributed by atoms with van der Waals surface area (Å²) >= 11 is 15.8. The van der Waals surface area contributed by atoms with Gasteiger partial charge in [-0.15, -0.1) is 0 Å². The maximum Gasteiger partial charge on any atom is 0.478 e. The van der Waals surface area contributed by atoms with Crippen LogP contribution in [-0.2, 0) is 18.1 Å². The van der Waals surface area contributed by atoms with E-state index in [0.29, 0.717) is 0 Å². The van der Waals surface area contributed by atoms with E-state index in [9.17, 15) is 4.57 Å². The van der Waals surface area contributed by atoms with Crippen LogP contribution in [0.3, 0.4) is 0 Å². The molecule has 0 radical (unpaired) electrons. The molecule has 0 unspecified atom stereocenters. The minimum Gasteiger partial charge on any atom is -0.287 e. The molecule has 0 fully saturated rings. The fourth-order valence-electron chi connectivity index (χ4n) is 0.533. The van der Waals surface area contributed by atoms with E-state index in [0.717, 1.165) is 0 Å². The lowest BCUT2D eigenvalue weighted by Gasteiger charge is -2.20. The minimum atomic E-state index is -3.74. The Morgan fingerprint density at radius 1 is 1.15 bits per heavy atom. The molecule has 0 atom stereocenters. The fraction of sp³-hybridized carbons (Fsp3) is 1.00. The lowest BCUT2D eigenvalue weighted by Crippen LogP contribution is -2.10. The Bertz CT molecular complexity index is 183. The molecule has 0 rings (SSSR count). The first kappa shape index (κ1) is 14.0. The van der Waals surface area contributed by atoms with Gasteiger partial charge in [0.2, 0.25) is 0 Å². The number of hydrogen-bond acceptors (Lipinski definition) is 4. The van der Waals surface area contributed by atoms with Gasteiger partial charge in [0.15, 0.2) is 0 Å². The van der Waals surface area contributed by atoms with Gasteiger partial charge in [-0.25, -0.2) is 9.09 Å². The lowest BCUT2D eigenvalue weighted by molar-refractivity contribution is 0.120. The molecular formula is C5H10Cl3O4P. The van der Waals surface area contributed by atoms with Gasteiger partial charge in [-0.2, -0.15) is 0 Å². The quantitative estimate of drug-likeness (QED) is 0.567.